The van der Waals surface area contributed by atoms with E-state index in [9.17, 15) is 0 Å². The average Bonchev–Trinajstić information content (AvgIpc) is 3.52. The second-order valence-corrected chi connectivity index (χ2v) is 12.8. The predicted molar refractivity (Wildman–Crippen MR) is 195 cm³/mol. The van der Waals surface area contributed by atoms with Crippen molar-refractivity contribution in [2.24, 2.45) is 0 Å². The molecule has 8 aromatic rings. The molecule has 1 fully saturated rings. The zero-order valence-corrected chi connectivity index (χ0v) is 25.8. The van der Waals surface area contributed by atoms with Gasteiger partial charge in [0.15, 0.2) is 0 Å². The molecule has 2 heteroatoms. The molecule has 0 radical (unpaired) electrons. The van der Waals surface area contributed by atoms with Crippen molar-refractivity contribution in [1.82, 2.24) is 0 Å². The quantitative estimate of drug-likeness (QED) is 0.197. The Morgan fingerprint density at radius 2 is 1.20 bits per heavy atom. The van der Waals surface area contributed by atoms with Crippen molar-refractivity contribution in [3.05, 3.63) is 151 Å². The highest BCUT2D eigenvalue weighted by Gasteiger charge is 2.24. The van der Waals surface area contributed by atoms with E-state index in [0.29, 0.717) is 5.92 Å². The average molecular weight is 594 g/mol. The van der Waals surface area contributed by atoms with Gasteiger partial charge in [-0.3, -0.25) is 0 Å². The summed E-state index contributed by atoms with van der Waals surface area (Å²) >= 11 is 0. The molecule has 1 aliphatic rings. The largest absolute Gasteiger partial charge is 0.455 e. The van der Waals surface area contributed by atoms with Gasteiger partial charge in [-0.2, -0.15) is 0 Å². The summed E-state index contributed by atoms with van der Waals surface area (Å²) in [4.78, 5) is 2.44. The Kier molecular flexibility index (Phi) is 6.59. The Morgan fingerprint density at radius 3 is 2.02 bits per heavy atom. The van der Waals surface area contributed by atoms with Crippen LogP contribution in [-0.2, 0) is 0 Å². The molecule has 0 saturated heterocycles. The minimum absolute atomic E-state index is 0.579. The maximum atomic E-state index is 6.75. The molecule has 0 unspecified atom stereocenters. The highest BCUT2D eigenvalue weighted by Crippen LogP contribution is 2.47. The first-order chi connectivity index (χ1) is 22.8. The first-order valence-electron chi connectivity index (χ1n) is 16.6. The molecule has 1 heterocycles. The lowest BCUT2D eigenvalue weighted by Crippen LogP contribution is -2.10. The third-order valence-electron chi connectivity index (χ3n) is 10.0. The Labute approximate surface area is 269 Å². The van der Waals surface area contributed by atoms with E-state index in [1.807, 2.05) is 0 Å². The van der Waals surface area contributed by atoms with Crippen LogP contribution in [0.1, 0.15) is 43.6 Å². The van der Waals surface area contributed by atoms with E-state index in [-0.39, 0.29) is 0 Å². The van der Waals surface area contributed by atoms with Crippen LogP contribution in [0.4, 0.5) is 17.1 Å². The van der Waals surface area contributed by atoms with E-state index in [0.717, 1.165) is 33.6 Å². The van der Waals surface area contributed by atoms with Gasteiger partial charge in [-0.05, 0) is 82.6 Å². The summed E-state index contributed by atoms with van der Waals surface area (Å²) in [6, 6.07) is 52.9. The topological polar surface area (TPSA) is 16.4 Å². The number of hydrogen-bond donors (Lipinski definition) is 0. The first kappa shape index (κ1) is 27.0. The smallest absolute Gasteiger partial charge is 0.143 e. The lowest BCUT2D eigenvalue weighted by atomic mass is 9.82. The van der Waals surface area contributed by atoms with Crippen molar-refractivity contribution in [2.75, 3.05) is 4.90 Å². The summed E-state index contributed by atoms with van der Waals surface area (Å²) < 4.78 is 6.75. The summed E-state index contributed by atoms with van der Waals surface area (Å²) in [7, 11) is 0. The van der Waals surface area contributed by atoms with Gasteiger partial charge in [-0.15, -0.1) is 0 Å². The van der Waals surface area contributed by atoms with Crippen LogP contribution in [0.15, 0.2) is 150 Å². The van der Waals surface area contributed by atoms with Crippen LogP contribution in [0.25, 0.3) is 54.6 Å². The van der Waals surface area contributed by atoms with Gasteiger partial charge in [-0.1, -0.05) is 128 Å². The molecule has 1 saturated carbocycles. The van der Waals surface area contributed by atoms with Crippen molar-refractivity contribution in [3.8, 4) is 11.1 Å². The van der Waals surface area contributed by atoms with Gasteiger partial charge >= 0.3 is 0 Å². The molecule has 0 amide bonds. The number of furan rings is 1. The van der Waals surface area contributed by atoms with Crippen molar-refractivity contribution in [3.63, 3.8) is 0 Å². The van der Waals surface area contributed by atoms with Gasteiger partial charge in [0.1, 0.15) is 11.2 Å². The van der Waals surface area contributed by atoms with Gasteiger partial charge in [0, 0.05) is 32.9 Å². The third-order valence-corrected chi connectivity index (χ3v) is 10.0. The highest BCUT2D eigenvalue weighted by atomic mass is 16.3. The molecule has 9 rings (SSSR count). The van der Waals surface area contributed by atoms with Crippen molar-refractivity contribution < 1.29 is 4.42 Å². The van der Waals surface area contributed by atoms with Crippen LogP contribution in [0, 0.1) is 0 Å². The van der Waals surface area contributed by atoms with Gasteiger partial charge < -0.3 is 9.32 Å². The van der Waals surface area contributed by atoms with Crippen molar-refractivity contribution >= 4 is 60.5 Å². The second-order valence-electron chi connectivity index (χ2n) is 12.8. The highest BCUT2D eigenvalue weighted by molar-refractivity contribution is 6.20. The Balaban J connectivity index is 1.31. The van der Waals surface area contributed by atoms with Crippen molar-refractivity contribution in [2.45, 2.75) is 38.0 Å². The van der Waals surface area contributed by atoms with Gasteiger partial charge in [-0.25, -0.2) is 0 Å². The monoisotopic (exact) mass is 593 g/mol. The van der Waals surface area contributed by atoms with Crippen molar-refractivity contribution in [1.29, 1.82) is 0 Å². The number of hydrogen-bond acceptors (Lipinski definition) is 2. The lowest BCUT2D eigenvalue weighted by Gasteiger charge is -2.28. The third kappa shape index (κ3) is 4.56. The van der Waals surface area contributed by atoms with Gasteiger partial charge in [0.25, 0.3) is 0 Å². The fraction of sp³-hybridized carbons (Fsp3) is 0.136. The summed E-state index contributed by atoms with van der Waals surface area (Å²) in [5, 5.41) is 7.28. The summed E-state index contributed by atoms with van der Waals surface area (Å²) in [5.74, 6) is 0.579. The minimum Gasteiger partial charge on any atom is -0.455 e. The molecule has 1 aromatic heterocycles. The van der Waals surface area contributed by atoms with Gasteiger partial charge in [0.2, 0.25) is 0 Å². The van der Waals surface area contributed by atoms with E-state index in [1.165, 1.54) is 75.7 Å². The maximum Gasteiger partial charge on any atom is 0.143 e. The molecule has 7 aromatic carbocycles. The fourth-order valence-corrected chi connectivity index (χ4v) is 7.77. The number of benzene rings is 7. The van der Waals surface area contributed by atoms with Crippen LogP contribution in [0.5, 0.6) is 0 Å². The molecule has 0 bridgehead atoms. The number of rotatable bonds is 5. The Hall–Kier alpha value is -5.34. The zero-order valence-electron chi connectivity index (χ0n) is 25.8. The minimum atomic E-state index is 0.579. The molecule has 222 valence electrons. The van der Waals surface area contributed by atoms with Crippen LogP contribution < -0.4 is 4.90 Å². The summed E-state index contributed by atoms with van der Waals surface area (Å²) in [6.07, 6.45) is 6.46. The standard InChI is InChI=1S/C44H35NO/c1-3-12-30(13-4-1)32-22-25-35(26-23-32)45(36-27-24-31-14-7-8-17-34(31)28-36)41-29-40-43-37(33-15-5-2-6-16-33)20-11-21-42(43)46-44(40)39-19-10-9-18-38(39)41/h1,3-4,7-14,17-29,33H,2,5-6,15-16H2. The second kappa shape index (κ2) is 11.2. The molecule has 0 atom stereocenters. The molecule has 2 nitrogen and oxygen atoms in total. The molecule has 46 heavy (non-hydrogen) atoms. The van der Waals surface area contributed by atoms with Crippen LogP contribution in [-0.4, -0.2) is 0 Å². The van der Waals surface area contributed by atoms with E-state index in [4.69, 9.17) is 4.42 Å². The summed E-state index contributed by atoms with van der Waals surface area (Å²) in [6.45, 7) is 0. The number of fused-ring (bicyclic) bond motifs is 6. The molecule has 0 aliphatic heterocycles. The van der Waals surface area contributed by atoms with E-state index in [2.05, 4.69) is 150 Å². The maximum absolute atomic E-state index is 6.75. The Morgan fingerprint density at radius 1 is 0.500 bits per heavy atom. The normalized spacial score (nSPS) is 14.0. The fourth-order valence-electron chi connectivity index (χ4n) is 7.77. The lowest BCUT2D eigenvalue weighted by molar-refractivity contribution is 0.445. The molecule has 0 N–H and O–H groups in total. The SMILES string of the molecule is c1ccc(-c2ccc(N(c3ccc4ccccc4c3)c3cc4c(oc5cccc(C6CCCCC6)c54)c4ccccc34)cc2)cc1. The number of nitrogens with zero attached hydrogens (tertiary/aromatic N) is 1. The van der Waals surface area contributed by atoms with Gasteiger partial charge in [0.05, 0.1) is 5.69 Å². The number of anilines is 3. The molecule has 1 aliphatic carbocycles. The zero-order chi connectivity index (χ0) is 30.5. The molecular weight excluding hydrogens is 558 g/mol. The molecule has 0 spiro atoms. The van der Waals surface area contributed by atoms with E-state index < -0.39 is 0 Å². The van der Waals surface area contributed by atoms with Crippen LogP contribution in [0.3, 0.4) is 0 Å². The van der Waals surface area contributed by atoms with Crippen LogP contribution >= 0.6 is 0 Å². The summed E-state index contributed by atoms with van der Waals surface area (Å²) in [5.41, 5.74) is 9.27. The van der Waals surface area contributed by atoms with E-state index >= 15 is 0 Å². The van der Waals surface area contributed by atoms with E-state index in [1.54, 1.807) is 0 Å². The van der Waals surface area contributed by atoms with Crippen LogP contribution in [0.2, 0.25) is 0 Å². The first-order valence-corrected chi connectivity index (χ1v) is 16.6. The Bertz CT molecular complexity index is 2340. The molecular formula is C44H35NO. The predicted octanol–water partition coefficient (Wildman–Crippen LogP) is 13.1.